The minimum Gasteiger partial charge on any atom is -0.469 e. The Morgan fingerprint density at radius 1 is 0.679 bits per heavy atom. The highest BCUT2D eigenvalue weighted by atomic mass is 32.1. The lowest BCUT2D eigenvalue weighted by Gasteiger charge is -2.12. The molecule has 0 aromatic heterocycles. The van der Waals surface area contributed by atoms with Crippen molar-refractivity contribution in [3.63, 3.8) is 0 Å². The van der Waals surface area contributed by atoms with Gasteiger partial charge in [-0.05, 0) is 48.7 Å². The fraction of sp³-hybridized carbons (Fsp3) is 0.200. The Morgan fingerprint density at radius 3 is 1.32 bits per heavy atom. The highest BCUT2D eigenvalue weighted by molar-refractivity contribution is 7.80. The predicted octanol–water partition coefficient (Wildman–Crippen LogP) is 2.89. The van der Waals surface area contributed by atoms with E-state index in [1.165, 1.54) is 9.80 Å². The maximum Gasteiger partial charge on any atom is 0.266 e. The fourth-order valence-electron chi connectivity index (χ4n) is 2.63. The molecule has 2 heterocycles. The number of ether oxygens (including phenoxy) is 2. The molecule has 0 radical (unpaired) electrons. The molecule has 2 aromatic rings. The lowest BCUT2D eigenvalue weighted by atomic mass is 10.2. The van der Waals surface area contributed by atoms with Gasteiger partial charge in [0.25, 0.3) is 22.2 Å². The molecule has 2 aromatic carbocycles. The maximum atomic E-state index is 11.8. The van der Waals surface area contributed by atoms with E-state index in [4.69, 9.17) is 33.9 Å². The maximum absolute atomic E-state index is 11.8. The Kier molecular flexibility index (Phi) is 6.67. The molecule has 0 bridgehead atoms. The van der Waals surface area contributed by atoms with Crippen molar-refractivity contribution in [2.45, 2.75) is 0 Å². The summed E-state index contributed by atoms with van der Waals surface area (Å²) in [5.41, 5.74) is 1.28. The zero-order valence-electron chi connectivity index (χ0n) is 14.9. The summed E-state index contributed by atoms with van der Waals surface area (Å²) >= 11 is 9.80. The van der Waals surface area contributed by atoms with Crippen molar-refractivity contribution in [2.75, 3.05) is 26.3 Å². The summed E-state index contributed by atoms with van der Waals surface area (Å²) in [7, 11) is 0. The minimum absolute atomic E-state index is 0.0897. The molecule has 0 N–H and O–H groups in total. The third-order valence-electron chi connectivity index (χ3n) is 4.05. The number of carbonyl (C=O) groups is 2. The van der Waals surface area contributed by atoms with Gasteiger partial charge in [-0.25, -0.2) is 0 Å². The van der Waals surface area contributed by atoms with Crippen LogP contribution in [0.3, 0.4) is 0 Å². The highest BCUT2D eigenvalue weighted by Crippen LogP contribution is 2.11. The van der Waals surface area contributed by atoms with Crippen molar-refractivity contribution >= 4 is 46.6 Å². The molecule has 0 unspecified atom stereocenters. The molecule has 0 spiro atoms. The molecule has 2 aliphatic rings. The number of rotatable bonds is 2. The van der Waals surface area contributed by atoms with Crippen LogP contribution in [0.25, 0.3) is 0 Å². The van der Waals surface area contributed by atoms with E-state index in [0.717, 1.165) is 0 Å². The first-order valence-corrected chi connectivity index (χ1v) is 9.47. The first-order valence-electron chi connectivity index (χ1n) is 8.65. The molecule has 0 atom stereocenters. The van der Waals surface area contributed by atoms with Crippen molar-refractivity contribution in [2.24, 2.45) is 0 Å². The highest BCUT2D eigenvalue weighted by Gasteiger charge is 2.26. The van der Waals surface area contributed by atoms with E-state index in [1.54, 1.807) is 24.3 Å². The second-order valence-corrected chi connectivity index (χ2v) is 6.57. The molecule has 8 heteroatoms. The predicted molar refractivity (Wildman–Crippen MR) is 112 cm³/mol. The van der Waals surface area contributed by atoms with E-state index in [2.05, 4.69) is 0 Å². The summed E-state index contributed by atoms with van der Waals surface area (Å²) in [6, 6.07) is 18.1. The van der Waals surface area contributed by atoms with Crippen LogP contribution >= 0.6 is 24.4 Å². The minimum atomic E-state index is -0.0897. The average Bonchev–Trinajstić information content (AvgIpc) is 3.37. The van der Waals surface area contributed by atoms with E-state index in [9.17, 15) is 9.59 Å². The molecule has 0 aliphatic carbocycles. The van der Waals surface area contributed by atoms with Crippen LogP contribution in [0.5, 0.6) is 0 Å². The van der Waals surface area contributed by atoms with E-state index in [1.807, 2.05) is 36.4 Å². The number of benzene rings is 2. The molecule has 6 nitrogen and oxygen atoms in total. The Hall–Kier alpha value is -2.84. The molecular weight excluding hydrogens is 396 g/mol. The van der Waals surface area contributed by atoms with Crippen LogP contribution in [0.15, 0.2) is 60.7 Å². The quantitative estimate of drug-likeness (QED) is 0.705. The number of hydrogen-bond acceptors (Lipinski definition) is 6. The van der Waals surface area contributed by atoms with E-state index < -0.39 is 0 Å². The summed E-state index contributed by atoms with van der Waals surface area (Å²) in [6.07, 6.45) is 0. The number of amides is 2. The molecule has 144 valence electrons. The van der Waals surface area contributed by atoms with Gasteiger partial charge in [0.05, 0.1) is 13.1 Å². The topological polar surface area (TPSA) is 59.1 Å². The van der Waals surface area contributed by atoms with Crippen molar-refractivity contribution in [3.8, 4) is 0 Å². The van der Waals surface area contributed by atoms with E-state index in [-0.39, 0.29) is 22.2 Å². The van der Waals surface area contributed by atoms with Crippen LogP contribution in [0, 0.1) is 0 Å². The van der Waals surface area contributed by atoms with E-state index in [0.29, 0.717) is 37.4 Å². The smallest absolute Gasteiger partial charge is 0.266 e. The summed E-state index contributed by atoms with van der Waals surface area (Å²) in [5, 5.41) is 0.553. The van der Waals surface area contributed by atoms with Crippen LogP contribution in [0.1, 0.15) is 20.7 Å². The lowest BCUT2D eigenvalue weighted by Crippen LogP contribution is -2.31. The van der Waals surface area contributed by atoms with Gasteiger partial charge in [0.15, 0.2) is 0 Å². The van der Waals surface area contributed by atoms with Gasteiger partial charge in [0.1, 0.15) is 13.2 Å². The third-order valence-corrected chi connectivity index (χ3v) is 4.73. The fourth-order valence-corrected chi connectivity index (χ4v) is 3.14. The summed E-state index contributed by atoms with van der Waals surface area (Å²) < 4.78 is 10.1. The molecule has 2 fully saturated rings. The molecule has 2 amide bonds. The molecular formula is C20H18N2O4S2. The average molecular weight is 415 g/mol. The van der Waals surface area contributed by atoms with Gasteiger partial charge in [0, 0.05) is 11.1 Å². The summed E-state index contributed by atoms with van der Waals surface area (Å²) in [4.78, 5) is 26.6. The normalized spacial score (nSPS) is 15.4. The second-order valence-electron chi connectivity index (χ2n) is 5.87. The zero-order valence-corrected chi connectivity index (χ0v) is 16.6. The molecule has 0 saturated carbocycles. The number of thiocarbonyl (C=S) groups is 2. The molecule has 28 heavy (non-hydrogen) atoms. The largest absolute Gasteiger partial charge is 0.469 e. The Morgan fingerprint density at radius 2 is 1.04 bits per heavy atom. The van der Waals surface area contributed by atoms with Gasteiger partial charge < -0.3 is 9.47 Å². The van der Waals surface area contributed by atoms with Crippen molar-refractivity contribution < 1.29 is 19.1 Å². The number of carbonyl (C=O) groups excluding carboxylic acids is 2. The molecule has 2 aliphatic heterocycles. The van der Waals surface area contributed by atoms with Gasteiger partial charge in [-0.3, -0.25) is 19.4 Å². The molecule has 4 rings (SSSR count). The van der Waals surface area contributed by atoms with Crippen LogP contribution in [0.4, 0.5) is 0 Å². The lowest BCUT2D eigenvalue weighted by molar-refractivity contribution is 0.0852. The SMILES string of the molecule is O=C(c1ccccc1)N1CCOC1=S.O=C(c1ccccc1)N1CCOC1=S. The standard InChI is InChI=1S/2C10H9NO2S/c2*12-9(8-4-2-1-3-5-8)11-6-7-13-10(11)14/h2*1-5H,6-7H2. The van der Waals surface area contributed by atoms with Crippen LogP contribution in [-0.2, 0) is 9.47 Å². The number of nitrogens with zero attached hydrogens (tertiary/aromatic N) is 2. The van der Waals surface area contributed by atoms with Gasteiger partial charge in [-0.2, -0.15) is 0 Å². The van der Waals surface area contributed by atoms with Crippen molar-refractivity contribution in [3.05, 3.63) is 71.8 Å². The van der Waals surface area contributed by atoms with Crippen LogP contribution in [0.2, 0.25) is 0 Å². The third kappa shape index (κ3) is 4.71. The molecule has 2 saturated heterocycles. The van der Waals surface area contributed by atoms with Gasteiger partial charge >= 0.3 is 0 Å². The van der Waals surface area contributed by atoms with Gasteiger partial charge in [0.2, 0.25) is 0 Å². The Bertz CT molecular complexity index is 801. The van der Waals surface area contributed by atoms with Crippen LogP contribution < -0.4 is 0 Å². The number of hydrogen-bond donors (Lipinski definition) is 0. The van der Waals surface area contributed by atoms with Gasteiger partial charge in [-0.1, -0.05) is 36.4 Å². The van der Waals surface area contributed by atoms with Crippen molar-refractivity contribution in [1.29, 1.82) is 0 Å². The monoisotopic (exact) mass is 414 g/mol. The zero-order chi connectivity index (χ0) is 19.9. The summed E-state index contributed by atoms with van der Waals surface area (Å²) in [5.74, 6) is -0.179. The first kappa shape index (κ1) is 19.9. The van der Waals surface area contributed by atoms with E-state index >= 15 is 0 Å². The second kappa shape index (κ2) is 9.38. The first-order chi connectivity index (χ1) is 13.6. The van der Waals surface area contributed by atoms with Crippen molar-refractivity contribution in [1.82, 2.24) is 9.80 Å². The summed E-state index contributed by atoms with van der Waals surface area (Å²) in [6.45, 7) is 2.09. The van der Waals surface area contributed by atoms with Crippen LogP contribution in [-0.4, -0.2) is 58.3 Å². The Balaban J connectivity index is 0.000000161. The van der Waals surface area contributed by atoms with Gasteiger partial charge in [-0.15, -0.1) is 0 Å². The Labute approximate surface area is 173 Å².